The molecule has 0 spiro atoms. The highest BCUT2D eigenvalue weighted by Crippen LogP contribution is 2.38. The number of amides is 1. The normalized spacial score (nSPS) is 17.6. The second-order valence-electron chi connectivity index (χ2n) is 5.94. The summed E-state index contributed by atoms with van der Waals surface area (Å²) in [6.07, 6.45) is 0.382. The Balaban J connectivity index is 1.99. The van der Waals surface area contributed by atoms with Gasteiger partial charge < -0.3 is 9.64 Å². The van der Waals surface area contributed by atoms with Crippen LogP contribution in [0.2, 0.25) is 0 Å². The number of carbonyl (C=O) groups is 2. The van der Waals surface area contributed by atoms with Gasteiger partial charge in [-0.2, -0.15) is 0 Å². The SMILES string of the molecule is CCOC(=O)CCC(=O)N1CCSC1c1ccc(C(C)C)cc1. The number of benzene rings is 1. The van der Waals surface area contributed by atoms with Crippen LogP contribution in [0.4, 0.5) is 0 Å². The Morgan fingerprint density at radius 1 is 1.26 bits per heavy atom. The Morgan fingerprint density at radius 3 is 2.57 bits per heavy atom. The monoisotopic (exact) mass is 335 g/mol. The zero-order valence-electron chi connectivity index (χ0n) is 14.1. The van der Waals surface area contributed by atoms with Crippen LogP contribution in [0, 0.1) is 0 Å². The van der Waals surface area contributed by atoms with Crippen LogP contribution >= 0.6 is 11.8 Å². The summed E-state index contributed by atoms with van der Waals surface area (Å²) in [6, 6.07) is 8.51. The van der Waals surface area contributed by atoms with E-state index >= 15 is 0 Å². The number of esters is 1. The summed E-state index contributed by atoms with van der Waals surface area (Å²) in [5.41, 5.74) is 2.46. The third-order valence-electron chi connectivity index (χ3n) is 3.95. The molecule has 1 aliphatic heterocycles. The molecule has 4 nitrogen and oxygen atoms in total. The van der Waals surface area contributed by atoms with E-state index in [1.807, 2.05) is 4.90 Å². The van der Waals surface area contributed by atoms with Crippen molar-refractivity contribution < 1.29 is 14.3 Å². The van der Waals surface area contributed by atoms with Gasteiger partial charge in [-0.15, -0.1) is 11.8 Å². The molecule has 1 fully saturated rings. The number of rotatable bonds is 6. The maximum Gasteiger partial charge on any atom is 0.306 e. The molecular formula is C18H25NO3S. The van der Waals surface area contributed by atoms with Crippen LogP contribution in [0.5, 0.6) is 0 Å². The van der Waals surface area contributed by atoms with Crippen molar-refractivity contribution in [3.63, 3.8) is 0 Å². The van der Waals surface area contributed by atoms with E-state index in [1.165, 1.54) is 5.56 Å². The van der Waals surface area contributed by atoms with Gasteiger partial charge in [-0.3, -0.25) is 9.59 Å². The van der Waals surface area contributed by atoms with Crippen LogP contribution in [0.3, 0.4) is 0 Å². The Hall–Kier alpha value is -1.49. The lowest BCUT2D eigenvalue weighted by atomic mass is 10.0. The van der Waals surface area contributed by atoms with Crippen LogP contribution in [0.25, 0.3) is 0 Å². The topological polar surface area (TPSA) is 46.6 Å². The quantitative estimate of drug-likeness (QED) is 0.743. The van der Waals surface area contributed by atoms with Gasteiger partial charge in [0.05, 0.1) is 13.0 Å². The first kappa shape index (κ1) is 17.9. The summed E-state index contributed by atoms with van der Waals surface area (Å²) < 4.78 is 4.89. The highest BCUT2D eigenvalue weighted by Gasteiger charge is 2.30. The van der Waals surface area contributed by atoms with Gasteiger partial charge in [0.1, 0.15) is 5.37 Å². The van der Waals surface area contributed by atoms with Crippen molar-refractivity contribution in [2.24, 2.45) is 0 Å². The smallest absolute Gasteiger partial charge is 0.306 e. The molecule has 1 heterocycles. The highest BCUT2D eigenvalue weighted by molar-refractivity contribution is 7.99. The molecule has 1 unspecified atom stereocenters. The number of thioether (sulfide) groups is 1. The van der Waals surface area contributed by atoms with Crippen molar-refractivity contribution in [1.29, 1.82) is 0 Å². The Labute approximate surface area is 142 Å². The lowest BCUT2D eigenvalue weighted by molar-refractivity contribution is -0.145. The zero-order valence-corrected chi connectivity index (χ0v) is 14.9. The van der Waals surface area contributed by atoms with E-state index in [1.54, 1.807) is 18.7 Å². The Bertz CT molecular complexity index is 542. The third kappa shape index (κ3) is 4.74. The first-order valence-electron chi connectivity index (χ1n) is 8.19. The average Bonchev–Trinajstić information content (AvgIpc) is 3.02. The van der Waals surface area contributed by atoms with E-state index in [-0.39, 0.29) is 30.1 Å². The van der Waals surface area contributed by atoms with E-state index in [0.717, 1.165) is 17.9 Å². The number of carbonyl (C=O) groups excluding carboxylic acids is 2. The van der Waals surface area contributed by atoms with E-state index in [4.69, 9.17) is 4.74 Å². The fraction of sp³-hybridized carbons (Fsp3) is 0.556. The van der Waals surface area contributed by atoms with Crippen molar-refractivity contribution in [3.8, 4) is 0 Å². The molecule has 23 heavy (non-hydrogen) atoms. The molecule has 1 amide bonds. The number of nitrogens with zero attached hydrogens (tertiary/aromatic N) is 1. The van der Waals surface area contributed by atoms with Crippen molar-refractivity contribution in [3.05, 3.63) is 35.4 Å². The Morgan fingerprint density at radius 2 is 1.96 bits per heavy atom. The van der Waals surface area contributed by atoms with E-state index in [9.17, 15) is 9.59 Å². The molecular weight excluding hydrogens is 310 g/mol. The summed E-state index contributed by atoms with van der Waals surface area (Å²) in [4.78, 5) is 25.7. The second kappa shape index (κ2) is 8.39. The molecule has 1 atom stereocenters. The molecule has 0 N–H and O–H groups in total. The lowest BCUT2D eigenvalue weighted by Gasteiger charge is -2.24. The first-order chi connectivity index (χ1) is 11.0. The maximum atomic E-state index is 12.4. The van der Waals surface area contributed by atoms with E-state index in [0.29, 0.717) is 12.5 Å². The number of ether oxygens (including phenoxy) is 1. The standard InChI is InChI=1S/C18H25NO3S/c1-4-22-17(21)10-9-16(20)19-11-12-23-18(19)15-7-5-14(6-8-15)13(2)3/h5-8,13,18H,4,9-12H2,1-3H3. The molecule has 1 aliphatic rings. The largest absolute Gasteiger partial charge is 0.466 e. The van der Waals surface area contributed by atoms with E-state index in [2.05, 4.69) is 38.1 Å². The molecule has 0 radical (unpaired) electrons. The van der Waals surface area contributed by atoms with Gasteiger partial charge in [-0.05, 0) is 24.0 Å². The molecule has 1 saturated heterocycles. The molecule has 0 aliphatic carbocycles. The van der Waals surface area contributed by atoms with Crippen LogP contribution in [-0.4, -0.2) is 35.7 Å². The third-order valence-corrected chi connectivity index (χ3v) is 5.21. The maximum absolute atomic E-state index is 12.4. The molecule has 126 valence electrons. The van der Waals surface area contributed by atoms with Crippen LogP contribution in [0.1, 0.15) is 56.0 Å². The molecule has 5 heteroatoms. The zero-order chi connectivity index (χ0) is 16.8. The summed E-state index contributed by atoms with van der Waals surface area (Å²) in [5, 5.41) is 0.0610. The number of hydrogen-bond donors (Lipinski definition) is 0. The van der Waals surface area contributed by atoms with E-state index < -0.39 is 0 Å². The van der Waals surface area contributed by atoms with Crippen LogP contribution in [-0.2, 0) is 14.3 Å². The average molecular weight is 335 g/mol. The molecule has 1 aromatic carbocycles. The molecule has 0 aromatic heterocycles. The van der Waals surface area contributed by atoms with Gasteiger partial charge >= 0.3 is 5.97 Å². The second-order valence-corrected chi connectivity index (χ2v) is 7.12. The minimum absolute atomic E-state index is 0.0287. The summed E-state index contributed by atoms with van der Waals surface area (Å²) in [6.45, 7) is 7.21. The minimum Gasteiger partial charge on any atom is -0.466 e. The van der Waals surface area contributed by atoms with Gasteiger partial charge in [-0.25, -0.2) is 0 Å². The van der Waals surface area contributed by atoms with Crippen molar-refractivity contribution in [1.82, 2.24) is 4.90 Å². The van der Waals surface area contributed by atoms with Crippen molar-refractivity contribution >= 4 is 23.6 Å². The van der Waals surface area contributed by atoms with Crippen LogP contribution < -0.4 is 0 Å². The summed E-state index contributed by atoms with van der Waals surface area (Å²) in [5.74, 6) is 1.16. The number of hydrogen-bond acceptors (Lipinski definition) is 4. The first-order valence-corrected chi connectivity index (χ1v) is 9.24. The summed E-state index contributed by atoms with van der Waals surface area (Å²) in [7, 11) is 0. The fourth-order valence-corrected chi connectivity index (χ4v) is 3.91. The Kier molecular flexibility index (Phi) is 6.51. The van der Waals surface area contributed by atoms with Gasteiger partial charge in [0.25, 0.3) is 0 Å². The molecule has 0 bridgehead atoms. The predicted molar refractivity (Wildman–Crippen MR) is 93.3 cm³/mol. The van der Waals surface area contributed by atoms with Gasteiger partial charge in [-0.1, -0.05) is 38.1 Å². The molecule has 0 saturated carbocycles. The van der Waals surface area contributed by atoms with Gasteiger partial charge in [0.2, 0.25) is 5.91 Å². The van der Waals surface area contributed by atoms with Gasteiger partial charge in [0, 0.05) is 18.7 Å². The minimum atomic E-state index is -0.300. The van der Waals surface area contributed by atoms with Crippen molar-refractivity contribution in [2.45, 2.75) is 44.9 Å². The van der Waals surface area contributed by atoms with Gasteiger partial charge in [0.15, 0.2) is 0 Å². The molecule has 2 rings (SSSR count). The molecule has 1 aromatic rings. The van der Waals surface area contributed by atoms with Crippen molar-refractivity contribution in [2.75, 3.05) is 18.9 Å². The predicted octanol–water partition coefficient (Wildman–Crippen LogP) is 3.73. The fourth-order valence-electron chi connectivity index (χ4n) is 2.63. The van der Waals surface area contributed by atoms with Crippen LogP contribution in [0.15, 0.2) is 24.3 Å². The highest BCUT2D eigenvalue weighted by atomic mass is 32.2. The summed E-state index contributed by atoms with van der Waals surface area (Å²) >= 11 is 1.78. The lowest BCUT2D eigenvalue weighted by Crippen LogP contribution is -2.30.